The summed E-state index contributed by atoms with van der Waals surface area (Å²) in [7, 11) is 0. The Labute approximate surface area is 151 Å². The Balaban J connectivity index is 1.57. The lowest BCUT2D eigenvalue weighted by Crippen LogP contribution is -1.90. The van der Waals surface area contributed by atoms with Gasteiger partial charge in [0, 0.05) is 34.3 Å². The van der Waals surface area contributed by atoms with Gasteiger partial charge in [-0.2, -0.15) is 0 Å². The summed E-state index contributed by atoms with van der Waals surface area (Å²) in [6.07, 6.45) is 3.71. The molecule has 0 saturated carbocycles. The average molecular weight is 333 g/mol. The second kappa shape index (κ2) is 6.05. The number of hydrogen-bond acceptors (Lipinski definition) is 3. The molecule has 3 heteroatoms. The van der Waals surface area contributed by atoms with E-state index in [2.05, 4.69) is 63.5 Å². The van der Waals surface area contributed by atoms with Crippen molar-refractivity contribution in [1.29, 1.82) is 0 Å². The highest BCUT2D eigenvalue weighted by Crippen LogP contribution is 2.28. The van der Waals surface area contributed by atoms with Crippen LogP contribution in [0.4, 0.5) is 0 Å². The summed E-state index contributed by atoms with van der Waals surface area (Å²) in [6.45, 7) is 0. The number of rotatable bonds is 2. The lowest BCUT2D eigenvalue weighted by molar-refractivity contribution is 1.23. The van der Waals surface area contributed by atoms with Crippen LogP contribution < -0.4 is 0 Å². The van der Waals surface area contributed by atoms with E-state index in [9.17, 15) is 0 Å². The highest BCUT2D eigenvalue weighted by Gasteiger charge is 2.07. The topological polar surface area (TPSA) is 38.7 Å². The lowest BCUT2D eigenvalue weighted by atomic mass is 10.0. The van der Waals surface area contributed by atoms with E-state index < -0.39 is 0 Å². The smallest absolute Gasteiger partial charge is 0.159 e. The maximum absolute atomic E-state index is 4.67. The summed E-state index contributed by atoms with van der Waals surface area (Å²) in [4.78, 5) is 13.7. The monoisotopic (exact) mass is 333 g/mol. The van der Waals surface area contributed by atoms with Crippen molar-refractivity contribution in [3.63, 3.8) is 0 Å². The molecule has 122 valence electrons. The maximum atomic E-state index is 4.67. The predicted molar refractivity (Wildman–Crippen MR) is 106 cm³/mol. The summed E-state index contributed by atoms with van der Waals surface area (Å²) in [5, 5.41) is 2.20. The van der Waals surface area contributed by atoms with E-state index in [-0.39, 0.29) is 0 Å². The standard InChI is InChI=1S/C23H15N3/c1-2-9-21-19(5-1)15-25-23(26-21)18-12-10-16(11-13-18)20-8-3-6-17-7-4-14-24-22(17)20/h1-15H. The van der Waals surface area contributed by atoms with Crippen molar-refractivity contribution in [2.24, 2.45) is 0 Å². The maximum Gasteiger partial charge on any atom is 0.159 e. The van der Waals surface area contributed by atoms with Gasteiger partial charge in [-0.3, -0.25) is 4.98 Å². The Morgan fingerprint density at radius 1 is 0.577 bits per heavy atom. The molecular weight excluding hydrogens is 318 g/mol. The molecule has 0 unspecified atom stereocenters. The highest BCUT2D eigenvalue weighted by atomic mass is 14.9. The first-order chi connectivity index (χ1) is 12.9. The van der Waals surface area contributed by atoms with Gasteiger partial charge < -0.3 is 0 Å². The van der Waals surface area contributed by atoms with Crippen LogP contribution in [-0.2, 0) is 0 Å². The molecule has 2 heterocycles. The van der Waals surface area contributed by atoms with Crippen LogP contribution in [0.15, 0.2) is 91.3 Å². The van der Waals surface area contributed by atoms with Gasteiger partial charge >= 0.3 is 0 Å². The molecule has 0 amide bonds. The lowest BCUT2D eigenvalue weighted by Gasteiger charge is -2.07. The van der Waals surface area contributed by atoms with Gasteiger partial charge in [-0.1, -0.05) is 66.7 Å². The van der Waals surface area contributed by atoms with Crippen molar-refractivity contribution < 1.29 is 0 Å². The first kappa shape index (κ1) is 14.7. The van der Waals surface area contributed by atoms with Gasteiger partial charge in [-0.05, 0) is 17.7 Å². The second-order valence-corrected chi connectivity index (χ2v) is 6.21. The zero-order chi connectivity index (χ0) is 17.3. The minimum Gasteiger partial charge on any atom is -0.256 e. The Hall–Kier alpha value is -3.59. The number of aromatic nitrogens is 3. The van der Waals surface area contributed by atoms with Gasteiger partial charge in [0.1, 0.15) is 0 Å². The summed E-state index contributed by atoms with van der Waals surface area (Å²) in [5.74, 6) is 0.742. The SMILES string of the molecule is c1ccc2nc(-c3ccc(-c4cccc5cccnc45)cc3)ncc2c1. The molecule has 3 nitrogen and oxygen atoms in total. The fourth-order valence-electron chi connectivity index (χ4n) is 3.25. The van der Waals surface area contributed by atoms with Crippen LogP contribution >= 0.6 is 0 Å². The van der Waals surface area contributed by atoms with Crippen molar-refractivity contribution >= 4 is 21.8 Å². The van der Waals surface area contributed by atoms with Gasteiger partial charge in [0.05, 0.1) is 11.0 Å². The third-order valence-corrected chi connectivity index (χ3v) is 4.58. The zero-order valence-electron chi connectivity index (χ0n) is 14.0. The molecule has 0 radical (unpaired) electrons. The van der Waals surface area contributed by atoms with Gasteiger partial charge in [0.15, 0.2) is 5.82 Å². The minimum absolute atomic E-state index is 0.742. The number of fused-ring (bicyclic) bond motifs is 2. The van der Waals surface area contributed by atoms with Crippen LogP contribution in [-0.4, -0.2) is 15.0 Å². The van der Waals surface area contributed by atoms with Crippen LogP contribution in [0.1, 0.15) is 0 Å². The number of para-hydroxylation sites is 2. The fourth-order valence-corrected chi connectivity index (χ4v) is 3.25. The molecular formula is C23H15N3. The number of pyridine rings is 1. The van der Waals surface area contributed by atoms with Gasteiger partial charge in [-0.25, -0.2) is 9.97 Å². The van der Waals surface area contributed by atoms with Crippen LogP contribution in [0.3, 0.4) is 0 Å². The summed E-state index contributed by atoms with van der Waals surface area (Å²) >= 11 is 0. The summed E-state index contributed by atoms with van der Waals surface area (Å²) < 4.78 is 0. The summed E-state index contributed by atoms with van der Waals surface area (Å²) in [5.41, 5.74) is 5.25. The van der Waals surface area contributed by atoms with E-state index in [1.807, 2.05) is 42.7 Å². The molecule has 0 atom stereocenters. The Morgan fingerprint density at radius 3 is 2.27 bits per heavy atom. The molecule has 0 aliphatic carbocycles. The van der Waals surface area contributed by atoms with Crippen LogP contribution in [0.5, 0.6) is 0 Å². The summed E-state index contributed by atoms with van der Waals surface area (Å²) in [6, 6.07) is 26.7. The quantitative estimate of drug-likeness (QED) is 0.427. The van der Waals surface area contributed by atoms with Gasteiger partial charge in [0.2, 0.25) is 0 Å². The zero-order valence-corrected chi connectivity index (χ0v) is 14.0. The predicted octanol–water partition coefficient (Wildman–Crippen LogP) is 5.51. The molecule has 0 N–H and O–H groups in total. The molecule has 5 rings (SSSR count). The molecule has 0 bridgehead atoms. The van der Waals surface area contributed by atoms with E-state index in [1.165, 1.54) is 0 Å². The average Bonchev–Trinajstić information content (AvgIpc) is 2.73. The van der Waals surface area contributed by atoms with E-state index in [0.29, 0.717) is 0 Å². The molecule has 3 aromatic carbocycles. The van der Waals surface area contributed by atoms with Crippen LogP contribution in [0, 0.1) is 0 Å². The van der Waals surface area contributed by atoms with Crippen molar-refractivity contribution in [2.45, 2.75) is 0 Å². The third-order valence-electron chi connectivity index (χ3n) is 4.58. The normalized spacial score (nSPS) is 11.1. The molecule has 5 aromatic rings. The van der Waals surface area contributed by atoms with Crippen LogP contribution in [0.25, 0.3) is 44.3 Å². The number of nitrogens with zero attached hydrogens (tertiary/aromatic N) is 3. The van der Waals surface area contributed by atoms with Gasteiger partial charge in [-0.15, -0.1) is 0 Å². The number of benzene rings is 3. The molecule has 2 aromatic heterocycles. The van der Waals surface area contributed by atoms with E-state index in [0.717, 1.165) is 44.3 Å². The van der Waals surface area contributed by atoms with E-state index >= 15 is 0 Å². The fraction of sp³-hybridized carbons (Fsp3) is 0. The van der Waals surface area contributed by atoms with Crippen molar-refractivity contribution in [3.05, 3.63) is 91.3 Å². The van der Waals surface area contributed by atoms with E-state index in [1.54, 1.807) is 0 Å². The van der Waals surface area contributed by atoms with Crippen molar-refractivity contribution in [2.75, 3.05) is 0 Å². The van der Waals surface area contributed by atoms with Gasteiger partial charge in [0.25, 0.3) is 0 Å². The molecule has 0 aliphatic heterocycles. The molecule has 0 spiro atoms. The van der Waals surface area contributed by atoms with Crippen LogP contribution in [0.2, 0.25) is 0 Å². The van der Waals surface area contributed by atoms with E-state index in [4.69, 9.17) is 0 Å². The highest BCUT2D eigenvalue weighted by molar-refractivity contribution is 5.93. The Bertz CT molecular complexity index is 1220. The third kappa shape index (κ3) is 2.50. The molecule has 0 fully saturated rings. The Morgan fingerprint density at radius 2 is 1.35 bits per heavy atom. The number of hydrogen-bond donors (Lipinski definition) is 0. The molecule has 26 heavy (non-hydrogen) atoms. The molecule has 0 saturated heterocycles. The molecule has 0 aliphatic rings. The first-order valence-corrected chi connectivity index (χ1v) is 8.55. The first-order valence-electron chi connectivity index (χ1n) is 8.55. The Kier molecular flexibility index (Phi) is 3.42. The van der Waals surface area contributed by atoms with Crippen molar-refractivity contribution in [3.8, 4) is 22.5 Å². The second-order valence-electron chi connectivity index (χ2n) is 6.21. The van der Waals surface area contributed by atoms with Crippen molar-refractivity contribution in [1.82, 2.24) is 15.0 Å². The largest absolute Gasteiger partial charge is 0.256 e. The minimum atomic E-state index is 0.742.